The zero-order chi connectivity index (χ0) is 16.7. The van der Waals surface area contributed by atoms with Crippen molar-refractivity contribution in [2.75, 3.05) is 0 Å². The van der Waals surface area contributed by atoms with Crippen molar-refractivity contribution in [3.05, 3.63) is 83.3 Å². The summed E-state index contributed by atoms with van der Waals surface area (Å²) in [5.74, 6) is 0. The number of benzene rings is 2. The fourth-order valence-corrected chi connectivity index (χ4v) is 4.00. The maximum Gasteiger partial charge on any atom is 0.281 e. The second kappa shape index (κ2) is 5.28. The molecule has 2 aromatic carbocycles. The van der Waals surface area contributed by atoms with Crippen LogP contribution in [0.5, 0.6) is 0 Å². The molecule has 4 aromatic rings. The molecule has 0 bridgehead atoms. The molecule has 0 aliphatic carbocycles. The first-order valence-electron chi connectivity index (χ1n) is 7.29. The third kappa shape index (κ3) is 2.19. The van der Waals surface area contributed by atoms with Crippen LogP contribution < -0.4 is 5.56 Å². The smallest absolute Gasteiger partial charge is 0.281 e. The van der Waals surface area contributed by atoms with E-state index in [4.69, 9.17) is 0 Å². The third-order valence-corrected chi connectivity index (χ3v) is 5.64. The van der Waals surface area contributed by atoms with Crippen molar-refractivity contribution in [2.45, 2.75) is 9.79 Å². The van der Waals surface area contributed by atoms with Gasteiger partial charge in [0, 0.05) is 6.20 Å². The molecule has 0 amide bonds. The molecule has 6 heteroatoms. The summed E-state index contributed by atoms with van der Waals surface area (Å²) in [6.07, 6.45) is 1.79. The van der Waals surface area contributed by atoms with Crippen molar-refractivity contribution in [3.63, 3.8) is 0 Å². The zero-order valence-corrected chi connectivity index (χ0v) is 13.3. The molecule has 0 fully saturated rings. The van der Waals surface area contributed by atoms with Gasteiger partial charge >= 0.3 is 0 Å². The lowest BCUT2D eigenvalue weighted by Gasteiger charge is -2.08. The van der Waals surface area contributed by atoms with E-state index in [-0.39, 0.29) is 15.2 Å². The predicted molar refractivity (Wildman–Crippen MR) is 90.9 cm³/mol. The van der Waals surface area contributed by atoms with Crippen LogP contribution in [0.25, 0.3) is 16.6 Å². The van der Waals surface area contributed by atoms with Gasteiger partial charge in [0.1, 0.15) is 5.65 Å². The Balaban J connectivity index is 2.02. The summed E-state index contributed by atoms with van der Waals surface area (Å²) in [7, 11) is -3.68. The molecular formula is C18H12N2O3S. The Kier molecular flexibility index (Phi) is 3.21. The summed E-state index contributed by atoms with van der Waals surface area (Å²) in [5, 5.41) is 0.274. The molecule has 0 saturated heterocycles. The SMILES string of the molecule is O=c1nc2ccccn2c2ccc(S(=O)(=O)c3ccccc3)cc12. The van der Waals surface area contributed by atoms with Gasteiger partial charge in [0.15, 0.2) is 0 Å². The molecule has 0 aliphatic heterocycles. The van der Waals surface area contributed by atoms with E-state index in [1.165, 1.54) is 24.3 Å². The Bertz CT molecular complexity index is 1230. The summed E-state index contributed by atoms with van der Waals surface area (Å²) in [5.41, 5.74) is 0.701. The minimum Gasteiger partial charge on any atom is -0.301 e. The van der Waals surface area contributed by atoms with E-state index in [1.54, 1.807) is 47.0 Å². The van der Waals surface area contributed by atoms with Gasteiger partial charge in [-0.15, -0.1) is 0 Å². The number of hydrogen-bond acceptors (Lipinski definition) is 4. The first-order chi connectivity index (χ1) is 11.6. The normalized spacial score (nSPS) is 11.8. The van der Waals surface area contributed by atoms with E-state index in [0.717, 1.165) is 0 Å². The summed E-state index contributed by atoms with van der Waals surface area (Å²) in [6.45, 7) is 0. The van der Waals surface area contributed by atoms with Crippen LogP contribution in [0.15, 0.2) is 87.5 Å². The fourth-order valence-electron chi connectivity index (χ4n) is 2.69. The zero-order valence-electron chi connectivity index (χ0n) is 12.5. The van der Waals surface area contributed by atoms with Gasteiger partial charge in [0.05, 0.1) is 20.7 Å². The Morgan fingerprint density at radius 2 is 1.58 bits per heavy atom. The molecule has 118 valence electrons. The molecule has 2 aromatic heterocycles. The molecule has 0 saturated carbocycles. The van der Waals surface area contributed by atoms with Crippen molar-refractivity contribution in [1.82, 2.24) is 9.38 Å². The molecule has 5 nitrogen and oxygen atoms in total. The fraction of sp³-hybridized carbons (Fsp3) is 0. The maximum atomic E-state index is 12.7. The third-order valence-electron chi connectivity index (χ3n) is 3.88. The highest BCUT2D eigenvalue weighted by Gasteiger charge is 2.18. The Morgan fingerprint density at radius 1 is 0.833 bits per heavy atom. The van der Waals surface area contributed by atoms with Crippen LogP contribution in [0.4, 0.5) is 0 Å². The molecule has 0 atom stereocenters. The van der Waals surface area contributed by atoms with Gasteiger partial charge < -0.3 is 4.40 Å². The van der Waals surface area contributed by atoms with Crippen molar-refractivity contribution in [1.29, 1.82) is 0 Å². The minimum atomic E-state index is -3.68. The van der Waals surface area contributed by atoms with Gasteiger partial charge in [-0.2, -0.15) is 4.98 Å². The van der Waals surface area contributed by atoms with Crippen LogP contribution in [0.1, 0.15) is 0 Å². The number of sulfone groups is 1. The van der Waals surface area contributed by atoms with Gasteiger partial charge in [0.2, 0.25) is 9.84 Å². The van der Waals surface area contributed by atoms with Crippen molar-refractivity contribution >= 4 is 26.4 Å². The predicted octanol–water partition coefficient (Wildman–Crippen LogP) is 2.68. The molecule has 0 unspecified atom stereocenters. The lowest BCUT2D eigenvalue weighted by Crippen LogP contribution is -2.11. The summed E-state index contributed by atoms with van der Waals surface area (Å²) in [6, 6.07) is 18.1. The van der Waals surface area contributed by atoms with Gasteiger partial charge in [-0.1, -0.05) is 24.3 Å². The standard InChI is InChI=1S/C18H12N2O3S/c21-18-15-12-14(24(22,23)13-6-2-1-3-7-13)9-10-16(15)20-11-5-4-8-17(20)19-18/h1-12H. The molecule has 0 N–H and O–H groups in total. The highest BCUT2D eigenvalue weighted by Crippen LogP contribution is 2.23. The Morgan fingerprint density at radius 3 is 2.38 bits per heavy atom. The van der Waals surface area contributed by atoms with E-state index in [9.17, 15) is 13.2 Å². The van der Waals surface area contributed by atoms with Crippen molar-refractivity contribution in [2.24, 2.45) is 0 Å². The number of aromatic nitrogens is 2. The second-order valence-corrected chi connectivity index (χ2v) is 7.29. The van der Waals surface area contributed by atoms with E-state index in [1.807, 2.05) is 6.07 Å². The van der Waals surface area contributed by atoms with Crippen LogP contribution in [-0.2, 0) is 9.84 Å². The van der Waals surface area contributed by atoms with Crippen LogP contribution in [0, 0.1) is 0 Å². The number of rotatable bonds is 2. The number of nitrogens with zero attached hydrogens (tertiary/aromatic N) is 2. The minimum absolute atomic E-state index is 0.0796. The van der Waals surface area contributed by atoms with Crippen LogP contribution in [0.3, 0.4) is 0 Å². The average molecular weight is 336 g/mol. The topological polar surface area (TPSA) is 68.5 Å². The van der Waals surface area contributed by atoms with Gasteiger partial charge in [0.25, 0.3) is 5.56 Å². The number of fused-ring (bicyclic) bond motifs is 3. The first-order valence-corrected chi connectivity index (χ1v) is 8.77. The molecule has 0 radical (unpaired) electrons. The summed E-state index contributed by atoms with van der Waals surface area (Å²) in [4.78, 5) is 16.6. The first kappa shape index (κ1) is 14.6. The Hall–Kier alpha value is -2.99. The van der Waals surface area contributed by atoms with Gasteiger partial charge in [-0.25, -0.2) is 8.42 Å². The maximum absolute atomic E-state index is 12.7. The molecule has 2 heterocycles. The van der Waals surface area contributed by atoms with E-state index >= 15 is 0 Å². The quantitative estimate of drug-likeness (QED) is 0.528. The lowest BCUT2D eigenvalue weighted by atomic mass is 10.2. The lowest BCUT2D eigenvalue weighted by molar-refractivity contribution is 0.596. The van der Waals surface area contributed by atoms with Gasteiger partial charge in [-0.3, -0.25) is 4.79 Å². The molecular weight excluding hydrogens is 324 g/mol. The summed E-state index contributed by atoms with van der Waals surface area (Å²) >= 11 is 0. The van der Waals surface area contributed by atoms with Crippen LogP contribution >= 0.6 is 0 Å². The highest BCUT2D eigenvalue weighted by molar-refractivity contribution is 7.91. The molecule has 0 aliphatic rings. The van der Waals surface area contributed by atoms with E-state index in [0.29, 0.717) is 11.2 Å². The molecule has 24 heavy (non-hydrogen) atoms. The van der Waals surface area contributed by atoms with E-state index < -0.39 is 15.4 Å². The average Bonchev–Trinajstić information content (AvgIpc) is 2.62. The number of hydrogen-bond donors (Lipinski definition) is 0. The van der Waals surface area contributed by atoms with Gasteiger partial charge in [-0.05, 0) is 42.5 Å². The second-order valence-electron chi connectivity index (χ2n) is 5.34. The monoisotopic (exact) mass is 336 g/mol. The van der Waals surface area contributed by atoms with Crippen LogP contribution in [-0.4, -0.2) is 17.8 Å². The summed E-state index contributed by atoms with van der Waals surface area (Å²) < 4.78 is 27.2. The highest BCUT2D eigenvalue weighted by atomic mass is 32.2. The van der Waals surface area contributed by atoms with Crippen LogP contribution in [0.2, 0.25) is 0 Å². The molecule has 0 spiro atoms. The largest absolute Gasteiger partial charge is 0.301 e. The van der Waals surface area contributed by atoms with Crippen molar-refractivity contribution < 1.29 is 8.42 Å². The van der Waals surface area contributed by atoms with E-state index in [2.05, 4.69) is 4.98 Å². The van der Waals surface area contributed by atoms with Crippen molar-refractivity contribution in [3.8, 4) is 0 Å². The number of pyridine rings is 1. The Labute approximate surface area is 137 Å². The molecule has 4 rings (SSSR count).